The first-order chi connectivity index (χ1) is 10.9. The molecule has 0 radical (unpaired) electrons. The van der Waals surface area contributed by atoms with Gasteiger partial charge in [-0.3, -0.25) is 0 Å². The number of aryl methyl sites for hydroxylation is 1. The van der Waals surface area contributed by atoms with E-state index in [1.165, 1.54) is 12.1 Å². The maximum atomic E-state index is 12.2. The lowest BCUT2D eigenvalue weighted by atomic mass is 10.0. The van der Waals surface area contributed by atoms with Crippen molar-refractivity contribution in [1.82, 2.24) is 4.72 Å². The number of hydrogen-bond acceptors (Lipinski definition) is 4. The lowest BCUT2D eigenvalue weighted by Gasteiger charge is -2.14. The van der Waals surface area contributed by atoms with E-state index in [2.05, 4.69) is 4.72 Å². The summed E-state index contributed by atoms with van der Waals surface area (Å²) in [5.41, 5.74) is 2.35. The number of nitrogens with one attached hydrogen (secondary N) is 1. The highest BCUT2D eigenvalue weighted by Gasteiger charge is 2.17. The summed E-state index contributed by atoms with van der Waals surface area (Å²) in [6, 6.07) is 15.4. The van der Waals surface area contributed by atoms with E-state index in [4.69, 9.17) is 5.26 Å². The van der Waals surface area contributed by atoms with Crippen molar-refractivity contribution in [1.29, 1.82) is 5.26 Å². The SMILES string of the molecule is Cc1ccccc1[C@H](O)CNS(=O)(=O)c1ccc(CC#N)cc1. The van der Waals surface area contributed by atoms with Crippen molar-refractivity contribution in [2.75, 3.05) is 6.54 Å². The molecule has 2 N–H and O–H groups in total. The Morgan fingerprint density at radius 2 is 1.83 bits per heavy atom. The van der Waals surface area contributed by atoms with Gasteiger partial charge < -0.3 is 5.11 Å². The monoisotopic (exact) mass is 330 g/mol. The normalized spacial score (nSPS) is 12.6. The van der Waals surface area contributed by atoms with Gasteiger partial charge in [-0.25, -0.2) is 13.1 Å². The van der Waals surface area contributed by atoms with Gasteiger partial charge in [0, 0.05) is 6.54 Å². The Morgan fingerprint density at radius 3 is 2.43 bits per heavy atom. The van der Waals surface area contributed by atoms with Gasteiger partial charge in [-0.05, 0) is 35.7 Å². The maximum Gasteiger partial charge on any atom is 0.240 e. The zero-order chi connectivity index (χ0) is 16.9. The van der Waals surface area contributed by atoms with Gasteiger partial charge in [-0.15, -0.1) is 0 Å². The summed E-state index contributed by atoms with van der Waals surface area (Å²) in [6.07, 6.45) is -0.677. The van der Waals surface area contributed by atoms with E-state index >= 15 is 0 Å². The highest BCUT2D eigenvalue weighted by Crippen LogP contribution is 2.17. The molecule has 0 spiro atoms. The minimum Gasteiger partial charge on any atom is -0.387 e. The van der Waals surface area contributed by atoms with E-state index in [1.807, 2.05) is 25.1 Å². The van der Waals surface area contributed by atoms with E-state index < -0.39 is 16.1 Å². The van der Waals surface area contributed by atoms with Gasteiger partial charge >= 0.3 is 0 Å². The molecule has 23 heavy (non-hydrogen) atoms. The van der Waals surface area contributed by atoms with Crippen LogP contribution in [0.25, 0.3) is 0 Å². The van der Waals surface area contributed by atoms with Gasteiger partial charge in [-0.2, -0.15) is 5.26 Å². The lowest BCUT2D eigenvalue weighted by molar-refractivity contribution is 0.181. The molecule has 2 aromatic carbocycles. The van der Waals surface area contributed by atoms with E-state index in [9.17, 15) is 13.5 Å². The topological polar surface area (TPSA) is 90.2 Å². The van der Waals surface area contributed by atoms with Gasteiger partial charge in [0.25, 0.3) is 0 Å². The fraction of sp³-hybridized carbons (Fsp3) is 0.235. The molecule has 0 unspecified atom stereocenters. The largest absolute Gasteiger partial charge is 0.387 e. The fourth-order valence-corrected chi connectivity index (χ4v) is 3.26. The fourth-order valence-electron chi connectivity index (χ4n) is 2.22. The molecule has 0 amide bonds. The number of nitriles is 1. The van der Waals surface area contributed by atoms with Crippen LogP contribution in [-0.2, 0) is 16.4 Å². The van der Waals surface area contributed by atoms with Crippen molar-refractivity contribution >= 4 is 10.0 Å². The van der Waals surface area contributed by atoms with Crippen molar-refractivity contribution in [3.8, 4) is 6.07 Å². The molecule has 6 heteroatoms. The van der Waals surface area contributed by atoms with Gasteiger partial charge in [-0.1, -0.05) is 36.4 Å². The van der Waals surface area contributed by atoms with Gasteiger partial charge in [0.05, 0.1) is 23.5 Å². The van der Waals surface area contributed by atoms with Crippen LogP contribution in [-0.4, -0.2) is 20.1 Å². The van der Waals surface area contributed by atoms with Crippen LogP contribution in [0.5, 0.6) is 0 Å². The number of rotatable bonds is 6. The summed E-state index contributed by atoms with van der Waals surface area (Å²) in [5, 5.41) is 18.8. The average Bonchev–Trinajstić information content (AvgIpc) is 2.54. The number of aliphatic hydroxyl groups excluding tert-OH is 1. The molecule has 5 nitrogen and oxygen atoms in total. The third-order valence-electron chi connectivity index (χ3n) is 3.53. The molecule has 2 aromatic rings. The molecule has 0 heterocycles. The number of benzene rings is 2. The molecule has 0 bridgehead atoms. The summed E-state index contributed by atoms with van der Waals surface area (Å²) in [7, 11) is -3.70. The predicted octanol–water partition coefficient (Wildman–Crippen LogP) is 2.07. The molecular weight excluding hydrogens is 312 g/mol. The van der Waals surface area contributed by atoms with Crippen molar-refractivity contribution in [2.24, 2.45) is 0 Å². The Bertz CT molecular complexity index is 808. The first-order valence-electron chi connectivity index (χ1n) is 7.13. The molecule has 0 aliphatic rings. The number of aliphatic hydroxyl groups is 1. The maximum absolute atomic E-state index is 12.2. The smallest absolute Gasteiger partial charge is 0.240 e. The Kier molecular flexibility index (Phi) is 5.50. The van der Waals surface area contributed by atoms with Crippen LogP contribution in [0.2, 0.25) is 0 Å². The summed E-state index contributed by atoms with van der Waals surface area (Å²) >= 11 is 0. The lowest BCUT2D eigenvalue weighted by Crippen LogP contribution is -2.28. The Labute approximate surface area is 136 Å². The van der Waals surface area contributed by atoms with E-state index in [0.717, 1.165) is 11.1 Å². The molecule has 120 valence electrons. The van der Waals surface area contributed by atoms with Crippen molar-refractivity contribution < 1.29 is 13.5 Å². The molecular formula is C17H18N2O3S. The third kappa shape index (κ3) is 4.39. The highest BCUT2D eigenvalue weighted by molar-refractivity contribution is 7.89. The molecule has 0 saturated carbocycles. The zero-order valence-corrected chi connectivity index (χ0v) is 13.5. The van der Waals surface area contributed by atoms with E-state index in [-0.39, 0.29) is 17.9 Å². The molecule has 1 atom stereocenters. The summed E-state index contributed by atoms with van der Waals surface area (Å²) in [4.78, 5) is 0.108. The van der Waals surface area contributed by atoms with Crippen LogP contribution in [0.1, 0.15) is 22.8 Å². The molecule has 0 aliphatic heterocycles. The standard InChI is InChI=1S/C17H18N2O3S/c1-13-4-2-3-5-16(13)17(20)12-19-23(21,22)15-8-6-14(7-9-15)10-11-18/h2-9,17,19-20H,10,12H2,1H3/t17-/m1/s1. The molecule has 2 rings (SSSR count). The summed E-state index contributed by atoms with van der Waals surface area (Å²) in [6.45, 7) is 1.76. The van der Waals surface area contributed by atoms with Crippen LogP contribution < -0.4 is 4.72 Å². The first-order valence-corrected chi connectivity index (χ1v) is 8.61. The van der Waals surface area contributed by atoms with Gasteiger partial charge in [0.2, 0.25) is 10.0 Å². The number of sulfonamides is 1. The van der Waals surface area contributed by atoms with E-state index in [1.54, 1.807) is 24.3 Å². The second-order valence-electron chi connectivity index (χ2n) is 5.20. The van der Waals surface area contributed by atoms with Crippen molar-refractivity contribution in [3.05, 3.63) is 65.2 Å². The van der Waals surface area contributed by atoms with Crippen LogP contribution in [0.15, 0.2) is 53.4 Å². The quantitative estimate of drug-likeness (QED) is 0.848. The Hall–Kier alpha value is -2.20. The zero-order valence-electron chi connectivity index (χ0n) is 12.7. The first kappa shape index (κ1) is 17.2. The molecule has 0 saturated heterocycles. The molecule has 0 aromatic heterocycles. The second-order valence-corrected chi connectivity index (χ2v) is 6.97. The van der Waals surface area contributed by atoms with E-state index in [0.29, 0.717) is 5.56 Å². The number of nitrogens with zero attached hydrogens (tertiary/aromatic N) is 1. The summed E-state index contributed by atoms with van der Waals surface area (Å²) < 4.78 is 26.9. The Balaban J connectivity index is 2.07. The Morgan fingerprint density at radius 1 is 1.17 bits per heavy atom. The van der Waals surface area contributed by atoms with Crippen LogP contribution in [0.3, 0.4) is 0 Å². The second kappa shape index (κ2) is 7.38. The van der Waals surface area contributed by atoms with Gasteiger partial charge in [0.1, 0.15) is 0 Å². The van der Waals surface area contributed by atoms with Crippen molar-refractivity contribution in [2.45, 2.75) is 24.3 Å². The van der Waals surface area contributed by atoms with Crippen LogP contribution in [0, 0.1) is 18.3 Å². The predicted molar refractivity (Wildman–Crippen MR) is 87.1 cm³/mol. The minimum atomic E-state index is -3.70. The average molecular weight is 330 g/mol. The van der Waals surface area contributed by atoms with Crippen LogP contribution >= 0.6 is 0 Å². The molecule has 0 fully saturated rings. The summed E-state index contributed by atoms with van der Waals surface area (Å²) in [5.74, 6) is 0. The van der Waals surface area contributed by atoms with Crippen LogP contribution in [0.4, 0.5) is 0 Å². The third-order valence-corrected chi connectivity index (χ3v) is 4.97. The minimum absolute atomic E-state index is 0.104. The molecule has 0 aliphatic carbocycles. The highest BCUT2D eigenvalue weighted by atomic mass is 32.2. The van der Waals surface area contributed by atoms with Crippen molar-refractivity contribution in [3.63, 3.8) is 0 Å². The number of hydrogen-bond donors (Lipinski definition) is 2. The van der Waals surface area contributed by atoms with Gasteiger partial charge in [0.15, 0.2) is 0 Å².